The number of anilines is 1. The molecule has 2 rings (SSSR count). The number of carbonyl (C=O) groups is 1. The third-order valence-corrected chi connectivity index (χ3v) is 3.16. The number of hydrogen-bond acceptors (Lipinski definition) is 2. The van der Waals surface area contributed by atoms with E-state index >= 15 is 0 Å². The van der Waals surface area contributed by atoms with Gasteiger partial charge in [-0.25, -0.2) is 0 Å². The Morgan fingerprint density at radius 3 is 3.06 bits per heavy atom. The van der Waals surface area contributed by atoms with Crippen LogP contribution >= 0.6 is 0 Å². The predicted molar refractivity (Wildman–Crippen MR) is 65.5 cm³/mol. The van der Waals surface area contributed by atoms with Crippen molar-refractivity contribution in [3.8, 4) is 0 Å². The zero-order valence-corrected chi connectivity index (χ0v) is 9.62. The molecule has 0 fully saturated rings. The van der Waals surface area contributed by atoms with E-state index < -0.39 is 0 Å². The van der Waals surface area contributed by atoms with Gasteiger partial charge in [0.05, 0.1) is 6.42 Å². The molecule has 0 saturated carbocycles. The van der Waals surface area contributed by atoms with Crippen LogP contribution in [0.15, 0.2) is 18.2 Å². The van der Waals surface area contributed by atoms with Gasteiger partial charge in [-0.2, -0.15) is 0 Å². The minimum atomic E-state index is 0.0989. The molecule has 0 radical (unpaired) electrons. The van der Waals surface area contributed by atoms with Gasteiger partial charge in [0, 0.05) is 5.69 Å². The Bertz CT molecular complexity index is 401. The summed E-state index contributed by atoms with van der Waals surface area (Å²) in [6, 6.07) is 6.26. The highest BCUT2D eigenvalue weighted by molar-refractivity contribution is 5.99. The second kappa shape index (κ2) is 4.66. The molecule has 16 heavy (non-hydrogen) atoms. The molecule has 3 heteroatoms. The molecule has 1 aromatic carbocycles. The molecule has 1 aromatic rings. The van der Waals surface area contributed by atoms with Crippen molar-refractivity contribution in [3.63, 3.8) is 0 Å². The molecule has 0 spiro atoms. The Balaban J connectivity index is 2.12. The second-order valence-corrected chi connectivity index (χ2v) is 4.47. The van der Waals surface area contributed by atoms with E-state index in [1.54, 1.807) is 0 Å². The third kappa shape index (κ3) is 2.25. The van der Waals surface area contributed by atoms with Crippen LogP contribution in [0.2, 0.25) is 0 Å². The normalized spacial score (nSPS) is 15.8. The molecule has 1 aliphatic rings. The van der Waals surface area contributed by atoms with Gasteiger partial charge < -0.3 is 11.1 Å². The highest BCUT2D eigenvalue weighted by Crippen LogP contribution is 2.28. The van der Waals surface area contributed by atoms with Gasteiger partial charge >= 0.3 is 0 Å². The summed E-state index contributed by atoms with van der Waals surface area (Å²) in [5.41, 5.74) is 8.92. The van der Waals surface area contributed by atoms with Crippen LogP contribution in [0.3, 0.4) is 0 Å². The van der Waals surface area contributed by atoms with Crippen molar-refractivity contribution in [2.75, 3.05) is 11.9 Å². The zero-order chi connectivity index (χ0) is 11.5. The Kier molecular flexibility index (Phi) is 3.25. The Morgan fingerprint density at radius 2 is 2.31 bits per heavy atom. The van der Waals surface area contributed by atoms with Crippen LogP contribution in [-0.2, 0) is 11.2 Å². The van der Waals surface area contributed by atoms with E-state index in [1.807, 2.05) is 6.07 Å². The first-order valence-corrected chi connectivity index (χ1v) is 5.83. The first-order chi connectivity index (χ1) is 7.70. The maximum absolute atomic E-state index is 11.2. The van der Waals surface area contributed by atoms with Crippen molar-refractivity contribution < 1.29 is 4.79 Å². The summed E-state index contributed by atoms with van der Waals surface area (Å²) in [4.78, 5) is 11.2. The molecule has 86 valence electrons. The van der Waals surface area contributed by atoms with Crippen molar-refractivity contribution >= 4 is 11.6 Å². The van der Waals surface area contributed by atoms with Gasteiger partial charge in [0.25, 0.3) is 0 Å². The van der Waals surface area contributed by atoms with E-state index in [-0.39, 0.29) is 5.91 Å². The number of amides is 1. The minimum absolute atomic E-state index is 0.0989. The number of rotatable bonds is 4. The summed E-state index contributed by atoms with van der Waals surface area (Å²) < 4.78 is 0. The van der Waals surface area contributed by atoms with Gasteiger partial charge in [0.1, 0.15) is 0 Å². The smallest absolute Gasteiger partial charge is 0.228 e. The molecule has 1 aliphatic heterocycles. The van der Waals surface area contributed by atoms with Crippen LogP contribution in [0.1, 0.15) is 36.8 Å². The van der Waals surface area contributed by atoms with Crippen LogP contribution in [0.25, 0.3) is 0 Å². The third-order valence-electron chi connectivity index (χ3n) is 3.16. The van der Waals surface area contributed by atoms with E-state index in [1.165, 1.54) is 5.56 Å². The molecule has 1 amide bonds. The topological polar surface area (TPSA) is 55.1 Å². The average Bonchev–Trinajstić information content (AvgIpc) is 2.64. The predicted octanol–water partition coefficient (Wildman–Crippen LogP) is 2.02. The van der Waals surface area contributed by atoms with Crippen molar-refractivity contribution in [3.05, 3.63) is 29.3 Å². The lowest BCUT2D eigenvalue weighted by Crippen LogP contribution is -2.03. The number of hydrogen-bond donors (Lipinski definition) is 2. The lowest BCUT2D eigenvalue weighted by Gasteiger charge is -2.12. The van der Waals surface area contributed by atoms with E-state index in [9.17, 15) is 4.79 Å². The fourth-order valence-corrected chi connectivity index (χ4v) is 2.15. The summed E-state index contributed by atoms with van der Waals surface area (Å²) >= 11 is 0. The van der Waals surface area contributed by atoms with Crippen molar-refractivity contribution in [2.45, 2.75) is 32.1 Å². The van der Waals surface area contributed by atoms with Gasteiger partial charge in [-0.05, 0) is 42.5 Å². The fraction of sp³-hybridized carbons (Fsp3) is 0.462. The maximum atomic E-state index is 11.2. The maximum Gasteiger partial charge on any atom is 0.228 e. The Hall–Kier alpha value is -1.35. The molecule has 1 atom stereocenters. The molecule has 0 aromatic heterocycles. The highest BCUT2D eigenvalue weighted by atomic mass is 16.1. The standard InChI is InChI=1S/C13H18N2O/c1-9(3-2-6-14)10-4-5-12-11(7-10)8-13(16)15-12/h4-5,7,9H,2-3,6,8,14H2,1H3,(H,15,16). The first-order valence-electron chi connectivity index (χ1n) is 5.83. The number of fused-ring (bicyclic) bond motifs is 1. The Labute approximate surface area is 96.0 Å². The Morgan fingerprint density at radius 1 is 1.50 bits per heavy atom. The molecule has 0 bridgehead atoms. The number of nitrogens with two attached hydrogens (primary N) is 1. The van der Waals surface area contributed by atoms with Gasteiger partial charge in [0.2, 0.25) is 5.91 Å². The van der Waals surface area contributed by atoms with Crippen LogP contribution < -0.4 is 11.1 Å². The number of nitrogens with one attached hydrogen (secondary N) is 1. The van der Waals surface area contributed by atoms with Crippen molar-refractivity contribution in [1.29, 1.82) is 0 Å². The fourth-order valence-electron chi connectivity index (χ4n) is 2.15. The molecular weight excluding hydrogens is 200 g/mol. The van der Waals surface area contributed by atoms with Gasteiger partial charge in [0.15, 0.2) is 0 Å². The molecule has 0 saturated heterocycles. The lowest BCUT2D eigenvalue weighted by atomic mass is 9.94. The lowest BCUT2D eigenvalue weighted by molar-refractivity contribution is -0.115. The molecule has 1 unspecified atom stereocenters. The summed E-state index contributed by atoms with van der Waals surface area (Å²) in [5.74, 6) is 0.617. The summed E-state index contributed by atoms with van der Waals surface area (Å²) in [5, 5.41) is 2.85. The monoisotopic (exact) mass is 218 g/mol. The largest absolute Gasteiger partial charge is 0.330 e. The van der Waals surface area contributed by atoms with Crippen LogP contribution in [0.4, 0.5) is 5.69 Å². The number of carbonyl (C=O) groups excluding carboxylic acids is 1. The van der Waals surface area contributed by atoms with Gasteiger partial charge in [-0.15, -0.1) is 0 Å². The van der Waals surface area contributed by atoms with Crippen molar-refractivity contribution in [1.82, 2.24) is 0 Å². The van der Waals surface area contributed by atoms with E-state index in [2.05, 4.69) is 24.4 Å². The van der Waals surface area contributed by atoms with E-state index in [4.69, 9.17) is 5.73 Å². The SMILES string of the molecule is CC(CCCN)c1ccc2c(c1)CC(=O)N2. The minimum Gasteiger partial charge on any atom is -0.330 e. The zero-order valence-electron chi connectivity index (χ0n) is 9.62. The van der Waals surface area contributed by atoms with Crippen LogP contribution in [0.5, 0.6) is 0 Å². The average molecular weight is 218 g/mol. The first kappa shape index (κ1) is 11.1. The summed E-state index contributed by atoms with van der Waals surface area (Å²) in [6.45, 7) is 2.96. The summed E-state index contributed by atoms with van der Waals surface area (Å²) in [7, 11) is 0. The van der Waals surface area contributed by atoms with Gasteiger partial charge in [-0.1, -0.05) is 19.1 Å². The van der Waals surface area contributed by atoms with Crippen LogP contribution in [-0.4, -0.2) is 12.5 Å². The molecule has 0 aliphatic carbocycles. The number of benzene rings is 1. The van der Waals surface area contributed by atoms with E-state index in [0.29, 0.717) is 12.3 Å². The van der Waals surface area contributed by atoms with Crippen LogP contribution in [0, 0.1) is 0 Å². The van der Waals surface area contributed by atoms with Crippen molar-refractivity contribution in [2.24, 2.45) is 5.73 Å². The van der Waals surface area contributed by atoms with Gasteiger partial charge in [-0.3, -0.25) is 4.79 Å². The molecule has 3 nitrogen and oxygen atoms in total. The second-order valence-electron chi connectivity index (χ2n) is 4.47. The summed E-state index contributed by atoms with van der Waals surface area (Å²) in [6.07, 6.45) is 2.68. The highest BCUT2D eigenvalue weighted by Gasteiger charge is 2.18. The molecule has 3 N–H and O–H groups in total. The quantitative estimate of drug-likeness (QED) is 0.812. The van der Waals surface area contributed by atoms with E-state index in [0.717, 1.165) is 30.6 Å². The molecule has 1 heterocycles. The molecular formula is C13H18N2O.